The summed E-state index contributed by atoms with van der Waals surface area (Å²) >= 11 is 5.88. The number of aromatic nitrogens is 4. The van der Waals surface area contributed by atoms with Gasteiger partial charge in [-0.15, -0.1) is 0 Å². The Labute approximate surface area is 150 Å². The van der Waals surface area contributed by atoms with Gasteiger partial charge in [0.25, 0.3) is 0 Å². The maximum Gasteiger partial charge on any atom is 0.215 e. The number of rotatable bonds is 7. The predicted octanol–water partition coefficient (Wildman–Crippen LogP) is 2.11. The molecule has 0 radical (unpaired) electrons. The van der Waals surface area contributed by atoms with Gasteiger partial charge in [-0.2, -0.15) is 0 Å². The number of hydrogen-bond donors (Lipinski definition) is 1. The minimum Gasteiger partial charge on any atom is -0.327 e. The van der Waals surface area contributed by atoms with Gasteiger partial charge in [-0.3, -0.25) is 0 Å². The lowest BCUT2D eigenvalue weighted by Gasteiger charge is -2.09. The summed E-state index contributed by atoms with van der Waals surface area (Å²) in [7, 11) is -3.46. The van der Waals surface area contributed by atoms with Gasteiger partial charge in [0.05, 0.1) is 5.75 Å². The van der Waals surface area contributed by atoms with Crippen LogP contribution >= 0.6 is 11.6 Å². The molecule has 2 heterocycles. The van der Waals surface area contributed by atoms with Crippen LogP contribution in [0.4, 0.5) is 0 Å². The van der Waals surface area contributed by atoms with E-state index in [2.05, 4.69) is 19.7 Å². The standard InChI is InChI=1S/C16H16ClN5O2S/c17-14-4-1-3-13(11-14)12-25(23,24)21-8-10-22-9-7-20-16(22)15-18-5-2-6-19-15/h1-7,9,11,21H,8,10,12H2. The van der Waals surface area contributed by atoms with E-state index in [1.165, 1.54) is 0 Å². The Morgan fingerprint density at radius 3 is 2.64 bits per heavy atom. The van der Waals surface area contributed by atoms with E-state index in [1.807, 2.05) is 0 Å². The van der Waals surface area contributed by atoms with E-state index in [0.29, 0.717) is 28.8 Å². The number of sulfonamides is 1. The quantitative estimate of drug-likeness (QED) is 0.681. The largest absolute Gasteiger partial charge is 0.327 e. The second-order valence-corrected chi connectivity index (χ2v) is 7.54. The first-order valence-electron chi connectivity index (χ1n) is 7.54. The average molecular weight is 378 g/mol. The summed E-state index contributed by atoms with van der Waals surface area (Å²) in [5.41, 5.74) is 0.640. The van der Waals surface area contributed by atoms with Gasteiger partial charge in [-0.1, -0.05) is 23.7 Å². The van der Waals surface area contributed by atoms with E-state index in [0.717, 1.165) is 0 Å². The third kappa shape index (κ3) is 4.85. The maximum atomic E-state index is 12.2. The molecule has 0 fully saturated rings. The maximum absolute atomic E-state index is 12.2. The van der Waals surface area contributed by atoms with Crippen LogP contribution in [-0.2, 0) is 22.3 Å². The zero-order chi connectivity index (χ0) is 17.7. The van der Waals surface area contributed by atoms with Crippen LogP contribution in [0.25, 0.3) is 11.6 Å². The fourth-order valence-corrected chi connectivity index (χ4v) is 3.66. The van der Waals surface area contributed by atoms with Crippen molar-refractivity contribution in [1.29, 1.82) is 0 Å². The first-order chi connectivity index (χ1) is 12.0. The number of imidazole rings is 1. The summed E-state index contributed by atoms with van der Waals surface area (Å²) in [6.07, 6.45) is 6.66. The molecule has 1 N–H and O–H groups in total. The van der Waals surface area contributed by atoms with Crippen LogP contribution in [0.5, 0.6) is 0 Å². The molecule has 0 unspecified atom stereocenters. The number of nitrogens with one attached hydrogen (secondary N) is 1. The summed E-state index contributed by atoms with van der Waals surface area (Å²) in [6, 6.07) is 8.52. The van der Waals surface area contributed by atoms with Crippen molar-refractivity contribution in [1.82, 2.24) is 24.2 Å². The first-order valence-corrected chi connectivity index (χ1v) is 9.57. The second kappa shape index (κ2) is 7.73. The van der Waals surface area contributed by atoms with E-state index < -0.39 is 10.0 Å². The first kappa shape index (κ1) is 17.5. The number of halogens is 1. The monoisotopic (exact) mass is 377 g/mol. The van der Waals surface area contributed by atoms with Gasteiger partial charge in [-0.05, 0) is 23.8 Å². The van der Waals surface area contributed by atoms with E-state index >= 15 is 0 Å². The molecule has 0 aliphatic rings. The summed E-state index contributed by atoms with van der Waals surface area (Å²) < 4.78 is 28.8. The van der Waals surface area contributed by atoms with Crippen molar-refractivity contribution in [2.24, 2.45) is 0 Å². The van der Waals surface area contributed by atoms with Crippen molar-refractivity contribution in [2.45, 2.75) is 12.3 Å². The van der Waals surface area contributed by atoms with Crippen molar-refractivity contribution in [2.75, 3.05) is 6.54 Å². The van der Waals surface area contributed by atoms with Gasteiger partial charge in [0, 0.05) is 42.9 Å². The van der Waals surface area contributed by atoms with Crippen molar-refractivity contribution in [3.8, 4) is 11.6 Å². The molecule has 0 atom stereocenters. The van der Waals surface area contributed by atoms with Crippen LogP contribution in [0.3, 0.4) is 0 Å². The van der Waals surface area contributed by atoms with Crippen molar-refractivity contribution < 1.29 is 8.42 Å². The molecule has 0 aliphatic heterocycles. The molecule has 130 valence electrons. The molecule has 9 heteroatoms. The summed E-state index contributed by atoms with van der Waals surface area (Å²) in [6.45, 7) is 0.654. The third-order valence-electron chi connectivity index (χ3n) is 3.40. The van der Waals surface area contributed by atoms with E-state index in [9.17, 15) is 8.42 Å². The molecule has 0 aliphatic carbocycles. The molecule has 3 rings (SSSR count). The minimum absolute atomic E-state index is 0.119. The molecule has 0 spiro atoms. The van der Waals surface area contributed by atoms with Gasteiger partial charge < -0.3 is 4.57 Å². The Kier molecular flexibility index (Phi) is 5.42. The van der Waals surface area contributed by atoms with E-state index in [4.69, 9.17) is 11.6 Å². The van der Waals surface area contributed by atoms with Crippen LogP contribution in [0.1, 0.15) is 5.56 Å². The molecule has 3 aromatic rings. The SMILES string of the molecule is O=S(=O)(Cc1cccc(Cl)c1)NCCn1ccnc1-c1ncccn1. The number of benzene rings is 1. The number of nitrogens with zero attached hydrogens (tertiary/aromatic N) is 4. The molecule has 0 bridgehead atoms. The Morgan fingerprint density at radius 1 is 1.08 bits per heavy atom. The molecule has 7 nitrogen and oxygen atoms in total. The number of hydrogen-bond acceptors (Lipinski definition) is 5. The van der Waals surface area contributed by atoms with Crippen molar-refractivity contribution in [3.05, 3.63) is 65.7 Å². The third-order valence-corrected chi connectivity index (χ3v) is 4.99. The van der Waals surface area contributed by atoms with Crippen LogP contribution in [0.15, 0.2) is 55.1 Å². The molecule has 1 aromatic carbocycles. The van der Waals surface area contributed by atoms with Gasteiger partial charge >= 0.3 is 0 Å². The Hall–Kier alpha value is -2.29. The Morgan fingerprint density at radius 2 is 1.88 bits per heavy atom. The van der Waals surface area contributed by atoms with E-state index in [-0.39, 0.29) is 12.3 Å². The van der Waals surface area contributed by atoms with Gasteiger partial charge in [0.1, 0.15) is 0 Å². The highest BCUT2D eigenvalue weighted by atomic mass is 35.5. The molecule has 2 aromatic heterocycles. The molecular weight excluding hydrogens is 362 g/mol. The highest BCUT2D eigenvalue weighted by Gasteiger charge is 2.13. The molecule has 0 saturated heterocycles. The van der Waals surface area contributed by atoms with Crippen LogP contribution < -0.4 is 4.72 Å². The highest BCUT2D eigenvalue weighted by Crippen LogP contribution is 2.13. The lowest BCUT2D eigenvalue weighted by molar-refractivity contribution is 0.572. The smallest absolute Gasteiger partial charge is 0.215 e. The van der Waals surface area contributed by atoms with Crippen molar-refractivity contribution in [3.63, 3.8) is 0 Å². The van der Waals surface area contributed by atoms with Gasteiger partial charge in [0.2, 0.25) is 10.0 Å². The Bertz CT molecular complexity index is 944. The van der Waals surface area contributed by atoms with Crippen LogP contribution in [-0.4, -0.2) is 34.5 Å². The lowest BCUT2D eigenvalue weighted by atomic mass is 10.2. The summed E-state index contributed by atoms with van der Waals surface area (Å²) in [5, 5.41) is 0.513. The molecule has 0 saturated carbocycles. The molecular formula is C16H16ClN5O2S. The fraction of sp³-hybridized carbons (Fsp3) is 0.188. The zero-order valence-electron chi connectivity index (χ0n) is 13.2. The van der Waals surface area contributed by atoms with E-state index in [1.54, 1.807) is 59.7 Å². The topological polar surface area (TPSA) is 89.8 Å². The molecule has 25 heavy (non-hydrogen) atoms. The van der Waals surface area contributed by atoms with Gasteiger partial charge in [-0.25, -0.2) is 28.1 Å². The summed E-state index contributed by atoms with van der Waals surface area (Å²) in [5.74, 6) is 0.968. The highest BCUT2D eigenvalue weighted by molar-refractivity contribution is 7.88. The van der Waals surface area contributed by atoms with Crippen LogP contribution in [0, 0.1) is 0 Å². The predicted molar refractivity (Wildman–Crippen MR) is 95.3 cm³/mol. The normalized spacial score (nSPS) is 11.6. The summed E-state index contributed by atoms with van der Waals surface area (Å²) in [4.78, 5) is 12.5. The zero-order valence-corrected chi connectivity index (χ0v) is 14.8. The Balaban J connectivity index is 1.61. The fourth-order valence-electron chi connectivity index (χ4n) is 2.33. The molecule has 0 amide bonds. The minimum atomic E-state index is -3.46. The second-order valence-electron chi connectivity index (χ2n) is 5.30. The lowest BCUT2D eigenvalue weighted by Crippen LogP contribution is -2.28. The van der Waals surface area contributed by atoms with Crippen molar-refractivity contribution >= 4 is 21.6 Å². The van der Waals surface area contributed by atoms with Gasteiger partial charge in [0.15, 0.2) is 11.6 Å². The van der Waals surface area contributed by atoms with Crippen LogP contribution in [0.2, 0.25) is 5.02 Å². The average Bonchev–Trinajstić information content (AvgIpc) is 3.03.